The molecule has 0 saturated carbocycles. The lowest BCUT2D eigenvalue weighted by atomic mass is 10.1. The van der Waals surface area contributed by atoms with E-state index in [1.54, 1.807) is 24.3 Å². The number of aliphatic hydroxyl groups is 1. The van der Waals surface area contributed by atoms with E-state index in [2.05, 4.69) is 0 Å². The second-order valence-corrected chi connectivity index (χ2v) is 7.38. The van der Waals surface area contributed by atoms with Crippen LogP contribution in [-0.4, -0.2) is 42.0 Å². The van der Waals surface area contributed by atoms with Gasteiger partial charge in [-0.15, -0.1) is 0 Å². The molecule has 0 radical (unpaired) electrons. The number of hydrogen-bond acceptors (Lipinski definition) is 4. The van der Waals surface area contributed by atoms with Gasteiger partial charge in [0.1, 0.15) is 4.99 Å². The molecule has 3 N–H and O–H groups in total. The van der Waals surface area contributed by atoms with Crippen LogP contribution in [-0.2, 0) is 15.8 Å². The van der Waals surface area contributed by atoms with Gasteiger partial charge in [0.2, 0.25) is 10.0 Å². The molecule has 0 bridgehead atoms. The fourth-order valence-corrected chi connectivity index (χ4v) is 3.98. The summed E-state index contributed by atoms with van der Waals surface area (Å²) in [7, 11) is -3.39. The number of nitrogens with two attached hydrogens (primary N) is 1. The molecule has 1 atom stereocenters. The Bertz CT molecular complexity index is 584. The molecule has 1 aliphatic heterocycles. The van der Waals surface area contributed by atoms with Gasteiger partial charge in [0, 0.05) is 18.7 Å². The number of rotatable bonds is 4. The zero-order chi connectivity index (χ0) is 14.8. The molecule has 1 fully saturated rings. The molecule has 7 heteroatoms. The van der Waals surface area contributed by atoms with Crippen molar-refractivity contribution >= 4 is 27.2 Å². The van der Waals surface area contributed by atoms with Crippen molar-refractivity contribution < 1.29 is 13.5 Å². The third-order valence-electron chi connectivity index (χ3n) is 3.34. The summed E-state index contributed by atoms with van der Waals surface area (Å²) in [6, 6.07) is 6.87. The SMILES string of the molecule is NC(=S)c1ccc(CS(=O)(=O)N2CCCC(O)C2)cc1. The van der Waals surface area contributed by atoms with Gasteiger partial charge in [0.25, 0.3) is 0 Å². The van der Waals surface area contributed by atoms with Crippen LogP contribution in [0, 0.1) is 0 Å². The number of aliphatic hydroxyl groups excluding tert-OH is 1. The molecule has 0 aliphatic carbocycles. The molecule has 110 valence electrons. The highest BCUT2D eigenvalue weighted by molar-refractivity contribution is 7.88. The van der Waals surface area contributed by atoms with Gasteiger partial charge >= 0.3 is 0 Å². The van der Waals surface area contributed by atoms with E-state index in [-0.39, 0.29) is 12.3 Å². The summed E-state index contributed by atoms with van der Waals surface area (Å²) in [5.74, 6) is -0.0721. The fraction of sp³-hybridized carbons (Fsp3) is 0.462. The second-order valence-electron chi connectivity index (χ2n) is 4.97. The van der Waals surface area contributed by atoms with Crippen LogP contribution in [0.2, 0.25) is 0 Å². The number of β-amino-alcohol motifs (C(OH)–C–C–N with tert-alkyl or cyclic N) is 1. The van der Waals surface area contributed by atoms with E-state index in [1.807, 2.05) is 0 Å². The first kappa shape index (κ1) is 15.4. The van der Waals surface area contributed by atoms with Crippen molar-refractivity contribution in [2.75, 3.05) is 13.1 Å². The van der Waals surface area contributed by atoms with Crippen molar-refractivity contribution in [3.8, 4) is 0 Å². The first-order valence-electron chi connectivity index (χ1n) is 6.43. The van der Waals surface area contributed by atoms with E-state index in [0.717, 1.165) is 5.56 Å². The summed E-state index contributed by atoms with van der Waals surface area (Å²) in [6.45, 7) is 0.664. The van der Waals surface area contributed by atoms with Gasteiger partial charge in [-0.2, -0.15) is 4.31 Å². The Morgan fingerprint density at radius 1 is 1.40 bits per heavy atom. The van der Waals surface area contributed by atoms with E-state index in [0.29, 0.717) is 29.9 Å². The summed E-state index contributed by atoms with van der Waals surface area (Å²) < 4.78 is 25.9. The van der Waals surface area contributed by atoms with Crippen molar-refractivity contribution in [2.45, 2.75) is 24.7 Å². The minimum absolute atomic E-state index is 0.0721. The lowest BCUT2D eigenvalue weighted by Gasteiger charge is -2.29. The summed E-state index contributed by atoms with van der Waals surface area (Å²) >= 11 is 4.85. The lowest BCUT2D eigenvalue weighted by molar-refractivity contribution is 0.108. The molecule has 1 unspecified atom stereocenters. The van der Waals surface area contributed by atoms with Crippen LogP contribution in [0.4, 0.5) is 0 Å². The number of nitrogens with zero attached hydrogens (tertiary/aromatic N) is 1. The summed E-state index contributed by atoms with van der Waals surface area (Å²) in [6.07, 6.45) is 0.797. The Morgan fingerprint density at radius 3 is 2.60 bits per heavy atom. The first-order valence-corrected chi connectivity index (χ1v) is 8.45. The van der Waals surface area contributed by atoms with Crippen LogP contribution in [0.1, 0.15) is 24.0 Å². The molecular weight excluding hydrogens is 296 g/mol. The van der Waals surface area contributed by atoms with Gasteiger partial charge in [0.15, 0.2) is 0 Å². The smallest absolute Gasteiger partial charge is 0.218 e. The maximum absolute atomic E-state index is 12.3. The van der Waals surface area contributed by atoms with Crippen molar-refractivity contribution in [1.29, 1.82) is 0 Å². The zero-order valence-electron chi connectivity index (χ0n) is 11.0. The molecule has 2 rings (SSSR count). The largest absolute Gasteiger partial charge is 0.392 e. The predicted octanol–water partition coefficient (Wildman–Crippen LogP) is 0.607. The third kappa shape index (κ3) is 3.76. The molecule has 5 nitrogen and oxygen atoms in total. The molecule has 1 heterocycles. The third-order valence-corrected chi connectivity index (χ3v) is 5.39. The molecule has 1 aromatic carbocycles. The maximum atomic E-state index is 12.3. The minimum Gasteiger partial charge on any atom is -0.392 e. The Kier molecular flexibility index (Phi) is 4.74. The predicted molar refractivity (Wildman–Crippen MR) is 81.8 cm³/mol. The summed E-state index contributed by atoms with van der Waals surface area (Å²) in [4.78, 5) is 0.290. The number of sulfonamides is 1. The molecule has 1 aromatic rings. The van der Waals surface area contributed by atoms with Crippen LogP contribution in [0.5, 0.6) is 0 Å². The van der Waals surface area contributed by atoms with Crippen LogP contribution in [0.15, 0.2) is 24.3 Å². The van der Waals surface area contributed by atoms with Crippen molar-refractivity contribution in [3.63, 3.8) is 0 Å². The van der Waals surface area contributed by atoms with Crippen molar-refractivity contribution in [3.05, 3.63) is 35.4 Å². The fourth-order valence-electron chi connectivity index (χ4n) is 2.24. The Labute approximate surface area is 124 Å². The Balaban J connectivity index is 2.09. The van der Waals surface area contributed by atoms with Gasteiger partial charge in [-0.05, 0) is 18.4 Å². The monoisotopic (exact) mass is 314 g/mol. The van der Waals surface area contributed by atoms with E-state index in [9.17, 15) is 13.5 Å². The van der Waals surface area contributed by atoms with Crippen molar-refractivity contribution in [1.82, 2.24) is 4.31 Å². The highest BCUT2D eigenvalue weighted by Crippen LogP contribution is 2.17. The molecule has 0 spiro atoms. The van der Waals surface area contributed by atoms with Gasteiger partial charge in [-0.3, -0.25) is 0 Å². The number of thiocarbonyl (C=S) groups is 1. The van der Waals surface area contributed by atoms with E-state index in [1.165, 1.54) is 4.31 Å². The second kappa shape index (κ2) is 6.17. The average Bonchev–Trinajstić information content (AvgIpc) is 2.39. The molecule has 0 amide bonds. The van der Waals surface area contributed by atoms with Crippen LogP contribution in [0.25, 0.3) is 0 Å². The standard InChI is InChI=1S/C13H18N2O3S2/c14-13(19)11-5-3-10(4-6-11)9-20(17,18)15-7-1-2-12(16)8-15/h3-6,12,16H,1-2,7-9H2,(H2,14,19). The van der Waals surface area contributed by atoms with Crippen LogP contribution < -0.4 is 5.73 Å². The topological polar surface area (TPSA) is 83.6 Å². The minimum atomic E-state index is -3.39. The number of piperidine rings is 1. The molecule has 0 aromatic heterocycles. The maximum Gasteiger partial charge on any atom is 0.218 e. The highest BCUT2D eigenvalue weighted by atomic mass is 32.2. The van der Waals surface area contributed by atoms with Gasteiger partial charge < -0.3 is 10.8 Å². The van der Waals surface area contributed by atoms with Crippen LogP contribution in [0.3, 0.4) is 0 Å². The molecular formula is C13H18N2O3S2. The quantitative estimate of drug-likeness (QED) is 0.796. The zero-order valence-corrected chi connectivity index (χ0v) is 12.7. The van der Waals surface area contributed by atoms with Crippen molar-refractivity contribution in [2.24, 2.45) is 5.73 Å². The van der Waals surface area contributed by atoms with Crippen LogP contribution >= 0.6 is 12.2 Å². The first-order chi connectivity index (χ1) is 9.38. The Hall–Kier alpha value is -1.02. The number of hydrogen-bond donors (Lipinski definition) is 2. The highest BCUT2D eigenvalue weighted by Gasteiger charge is 2.27. The van der Waals surface area contributed by atoms with E-state index in [4.69, 9.17) is 18.0 Å². The summed E-state index contributed by atoms with van der Waals surface area (Å²) in [5, 5.41) is 9.57. The normalized spacial score (nSPS) is 20.8. The average molecular weight is 314 g/mol. The van der Waals surface area contributed by atoms with Gasteiger partial charge in [0.05, 0.1) is 11.9 Å². The molecule has 20 heavy (non-hydrogen) atoms. The van der Waals surface area contributed by atoms with Gasteiger partial charge in [-0.1, -0.05) is 36.5 Å². The summed E-state index contributed by atoms with van der Waals surface area (Å²) in [5.41, 5.74) is 6.90. The molecule has 1 saturated heterocycles. The lowest BCUT2D eigenvalue weighted by Crippen LogP contribution is -2.42. The van der Waals surface area contributed by atoms with E-state index >= 15 is 0 Å². The number of benzene rings is 1. The van der Waals surface area contributed by atoms with E-state index < -0.39 is 16.1 Å². The Morgan fingerprint density at radius 2 is 2.05 bits per heavy atom. The van der Waals surface area contributed by atoms with Gasteiger partial charge in [-0.25, -0.2) is 8.42 Å². The molecule has 1 aliphatic rings.